The number of anilines is 1. The molecule has 0 radical (unpaired) electrons. The Morgan fingerprint density at radius 3 is 2.45 bits per heavy atom. The van der Waals surface area contributed by atoms with Gasteiger partial charge in [0.2, 0.25) is 11.9 Å². The van der Waals surface area contributed by atoms with Crippen molar-refractivity contribution in [3.05, 3.63) is 76.3 Å². The van der Waals surface area contributed by atoms with Crippen LogP contribution in [0.1, 0.15) is 43.4 Å². The fourth-order valence-corrected chi connectivity index (χ4v) is 6.26. The fourth-order valence-electron chi connectivity index (χ4n) is 6.26. The third-order valence-corrected chi connectivity index (χ3v) is 8.43. The van der Waals surface area contributed by atoms with E-state index in [1.807, 2.05) is 36.4 Å². The van der Waals surface area contributed by atoms with Crippen LogP contribution in [0.2, 0.25) is 0 Å². The van der Waals surface area contributed by atoms with E-state index >= 15 is 0 Å². The molecule has 1 aliphatic carbocycles. The van der Waals surface area contributed by atoms with E-state index in [-0.39, 0.29) is 66.6 Å². The maximum Gasteiger partial charge on any atom is 0.407 e. The lowest BCUT2D eigenvalue weighted by Crippen LogP contribution is -3.15. The number of nitrogens with one attached hydrogen (secondary N) is 4. The van der Waals surface area contributed by atoms with Crippen LogP contribution in [0.4, 0.5) is 10.7 Å². The van der Waals surface area contributed by atoms with Crippen LogP contribution in [0.15, 0.2) is 59.7 Å². The van der Waals surface area contributed by atoms with Gasteiger partial charge in [-0.2, -0.15) is 4.98 Å². The number of nitrogens with zero attached hydrogens (tertiary/aromatic N) is 3. The summed E-state index contributed by atoms with van der Waals surface area (Å²) < 4.78 is 7.38. The van der Waals surface area contributed by atoms with Crippen molar-refractivity contribution < 1.29 is 29.1 Å². The number of hydrogen-bond donors (Lipinski definition) is 4. The Morgan fingerprint density at radius 2 is 1.80 bits per heavy atom. The SMILES string of the molecule is CC(C)C(=O)Nc1nc2c(ncn2[C@@H]2C[C@H](CNC(=O)OCC3c4ccccc4-c4ccccc43)[NH+](CC(=O)[O-])C2)c(=O)[nH]1. The molecule has 2 aromatic heterocycles. The van der Waals surface area contributed by atoms with Gasteiger partial charge in [0.15, 0.2) is 11.2 Å². The van der Waals surface area contributed by atoms with E-state index in [9.17, 15) is 24.3 Å². The number of carboxylic acids is 1. The average Bonchev–Trinajstić information content (AvgIpc) is 3.68. The largest absolute Gasteiger partial charge is 0.544 e. The number of aliphatic carboxylic acids is 1. The van der Waals surface area contributed by atoms with Crippen molar-refractivity contribution >= 4 is 35.1 Å². The van der Waals surface area contributed by atoms with E-state index in [2.05, 4.69) is 37.7 Å². The van der Waals surface area contributed by atoms with Crippen LogP contribution in [0.25, 0.3) is 22.3 Å². The van der Waals surface area contributed by atoms with Gasteiger partial charge >= 0.3 is 6.09 Å². The van der Waals surface area contributed by atoms with Crippen molar-refractivity contribution in [2.24, 2.45) is 5.92 Å². The predicted octanol–water partition coefficient (Wildman–Crippen LogP) is 0.201. The number of likely N-dealkylation sites (tertiary alicyclic amines) is 1. The number of aromatic amines is 1. The number of imidazole rings is 1. The highest BCUT2D eigenvalue weighted by Gasteiger charge is 2.38. The minimum Gasteiger partial charge on any atom is -0.544 e. The summed E-state index contributed by atoms with van der Waals surface area (Å²) >= 11 is 0. The summed E-state index contributed by atoms with van der Waals surface area (Å²) in [7, 11) is 0. The second-order valence-electron chi connectivity index (χ2n) is 11.6. The molecule has 0 bridgehead atoms. The standard InChI is InChI=1S/C31H33N7O6/c1-17(2)28(41)35-30-34-27-26(29(42)36-30)33-16-38(27)19-11-18(37(13-19)14-25(39)40)12-32-31(43)44-15-24-22-9-5-3-7-20(22)21-8-4-6-10-23(21)24/h3-10,16-19,24H,11-15H2,1-2H3,(H,32,43)(H,39,40)(H2,34,35,36,41,42)/t18-,19-/m1/s1. The van der Waals surface area contributed by atoms with Crippen LogP contribution in [0.5, 0.6) is 0 Å². The number of hydrogen-bond acceptors (Lipinski definition) is 8. The number of amides is 2. The minimum atomic E-state index is -1.21. The molecule has 2 aromatic carbocycles. The van der Waals surface area contributed by atoms with E-state index in [1.54, 1.807) is 18.4 Å². The number of quaternary nitrogens is 1. The van der Waals surface area contributed by atoms with E-state index in [0.717, 1.165) is 22.3 Å². The Labute approximate surface area is 252 Å². The quantitative estimate of drug-likeness (QED) is 0.211. The molecule has 0 saturated carbocycles. The van der Waals surface area contributed by atoms with Crippen molar-refractivity contribution in [2.45, 2.75) is 38.3 Å². The third-order valence-electron chi connectivity index (χ3n) is 8.43. The molecular formula is C31H33N7O6. The van der Waals surface area contributed by atoms with Crippen LogP contribution >= 0.6 is 0 Å². The number of alkyl carbamates (subject to hydrolysis) is 1. The van der Waals surface area contributed by atoms with Crippen LogP contribution in [0.3, 0.4) is 0 Å². The van der Waals surface area contributed by atoms with Crippen molar-refractivity contribution in [2.75, 3.05) is 31.6 Å². The Kier molecular flexibility index (Phi) is 7.87. The zero-order valence-corrected chi connectivity index (χ0v) is 24.3. The molecule has 228 valence electrons. The summed E-state index contributed by atoms with van der Waals surface area (Å²) in [6.45, 7) is 3.90. The molecule has 13 heteroatoms. The van der Waals surface area contributed by atoms with Gasteiger partial charge in [0.1, 0.15) is 19.2 Å². The zero-order valence-electron chi connectivity index (χ0n) is 24.3. The van der Waals surface area contributed by atoms with Crippen molar-refractivity contribution in [1.82, 2.24) is 24.8 Å². The first-order valence-corrected chi connectivity index (χ1v) is 14.6. The van der Waals surface area contributed by atoms with Gasteiger partial charge < -0.3 is 29.4 Å². The number of rotatable bonds is 9. The topological polar surface area (TPSA) is 176 Å². The number of carboxylic acid groups (broad SMARTS) is 1. The monoisotopic (exact) mass is 599 g/mol. The van der Waals surface area contributed by atoms with Crippen molar-refractivity contribution in [3.8, 4) is 11.1 Å². The first kappa shape index (κ1) is 29.1. The predicted molar refractivity (Wildman–Crippen MR) is 158 cm³/mol. The third kappa shape index (κ3) is 5.65. The van der Waals surface area contributed by atoms with Gasteiger partial charge in [-0.1, -0.05) is 62.4 Å². The van der Waals surface area contributed by atoms with Gasteiger partial charge in [0.05, 0.1) is 31.4 Å². The maximum atomic E-state index is 12.8. The highest BCUT2D eigenvalue weighted by molar-refractivity contribution is 5.91. The Hall–Kier alpha value is -5.04. The van der Waals surface area contributed by atoms with Gasteiger partial charge in [-0.05, 0) is 22.3 Å². The molecule has 13 nitrogen and oxygen atoms in total. The molecule has 1 aliphatic heterocycles. The highest BCUT2D eigenvalue weighted by atomic mass is 16.5. The van der Waals surface area contributed by atoms with E-state index in [1.165, 1.54) is 6.33 Å². The molecule has 6 rings (SSSR count). The number of aromatic nitrogens is 4. The molecule has 1 fully saturated rings. The number of carbonyl (C=O) groups excluding carboxylic acids is 3. The second kappa shape index (κ2) is 11.9. The van der Waals surface area contributed by atoms with E-state index in [0.29, 0.717) is 17.9 Å². The molecule has 44 heavy (non-hydrogen) atoms. The minimum absolute atomic E-state index is 0.00774. The first-order valence-electron chi connectivity index (χ1n) is 14.6. The molecule has 2 amide bonds. The lowest BCUT2D eigenvalue weighted by atomic mass is 9.98. The molecule has 4 aromatic rings. The maximum absolute atomic E-state index is 12.8. The van der Waals surface area contributed by atoms with Crippen molar-refractivity contribution in [1.29, 1.82) is 0 Å². The molecule has 3 heterocycles. The van der Waals surface area contributed by atoms with Gasteiger partial charge in [-0.15, -0.1) is 0 Å². The summed E-state index contributed by atoms with van der Waals surface area (Å²) in [6, 6.07) is 15.6. The Morgan fingerprint density at radius 1 is 1.11 bits per heavy atom. The average molecular weight is 600 g/mol. The molecular weight excluding hydrogens is 566 g/mol. The summed E-state index contributed by atoms with van der Waals surface area (Å²) in [5, 5.41) is 17.0. The van der Waals surface area contributed by atoms with Crippen LogP contribution in [-0.2, 0) is 14.3 Å². The molecule has 0 spiro atoms. The number of fused-ring (bicyclic) bond motifs is 4. The summed E-state index contributed by atoms with van der Waals surface area (Å²) in [6.07, 6.45) is 1.37. The van der Waals surface area contributed by atoms with Crippen LogP contribution in [-0.4, -0.2) is 69.8 Å². The number of benzene rings is 2. The second-order valence-corrected chi connectivity index (χ2v) is 11.6. The molecule has 1 saturated heterocycles. The van der Waals surface area contributed by atoms with Gasteiger partial charge in [0, 0.05) is 18.3 Å². The summed E-state index contributed by atoms with van der Waals surface area (Å²) in [5.74, 6) is -1.90. The normalized spacial score (nSPS) is 19.1. The first-order chi connectivity index (χ1) is 21.2. The van der Waals surface area contributed by atoms with Gasteiger partial charge in [-0.25, -0.2) is 9.78 Å². The van der Waals surface area contributed by atoms with Crippen LogP contribution in [0, 0.1) is 5.92 Å². The smallest absolute Gasteiger partial charge is 0.407 e. The number of carbonyl (C=O) groups is 3. The summed E-state index contributed by atoms with van der Waals surface area (Å²) in [4.78, 5) is 61.1. The van der Waals surface area contributed by atoms with E-state index < -0.39 is 17.6 Å². The fraction of sp³-hybridized carbons (Fsp3) is 0.355. The molecule has 2 aliphatic rings. The van der Waals surface area contributed by atoms with Gasteiger partial charge in [0.25, 0.3) is 5.56 Å². The lowest BCUT2D eigenvalue weighted by molar-refractivity contribution is -0.906. The van der Waals surface area contributed by atoms with E-state index in [4.69, 9.17) is 4.74 Å². The van der Waals surface area contributed by atoms with Crippen LogP contribution < -0.4 is 26.2 Å². The Balaban J connectivity index is 1.13. The molecule has 4 N–H and O–H groups in total. The number of ether oxygens (including phenoxy) is 1. The van der Waals surface area contributed by atoms with Crippen molar-refractivity contribution in [3.63, 3.8) is 0 Å². The lowest BCUT2D eigenvalue weighted by Gasteiger charge is -2.22. The Bertz CT molecular complexity index is 1750. The zero-order chi connectivity index (χ0) is 31.0. The molecule has 1 unspecified atom stereocenters. The molecule has 3 atom stereocenters. The summed E-state index contributed by atoms with van der Waals surface area (Å²) in [5.41, 5.74) is 4.36. The highest BCUT2D eigenvalue weighted by Crippen LogP contribution is 2.44. The van der Waals surface area contributed by atoms with Gasteiger partial charge in [-0.3, -0.25) is 19.9 Å². The number of H-pyrrole nitrogens is 1.